The second-order valence-corrected chi connectivity index (χ2v) is 18.5. The summed E-state index contributed by atoms with van der Waals surface area (Å²) in [5.41, 5.74) is 6.22. The third-order valence-electron chi connectivity index (χ3n) is 11.5. The van der Waals surface area contributed by atoms with E-state index in [1.807, 2.05) is 0 Å². The zero-order valence-corrected chi connectivity index (χ0v) is 36.5. The first-order valence-electron chi connectivity index (χ1n) is 22.7. The Morgan fingerprint density at radius 2 is 0.717 bits per heavy atom. The second kappa shape index (κ2) is 26.6. The summed E-state index contributed by atoms with van der Waals surface area (Å²) in [6.45, 7) is 17.7. The van der Waals surface area contributed by atoms with Crippen LogP contribution in [0.2, 0.25) is 0 Å². The molecule has 0 amide bonds. The van der Waals surface area contributed by atoms with Gasteiger partial charge in [0.05, 0.1) is 0 Å². The van der Waals surface area contributed by atoms with Crippen LogP contribution in [0.1, 0.15) is 243 Å². The second-order valence-electron chi connectivity index (χ2n) is 18.5. The quantitative estimate of drug-likeness (QED) is 0.0646. The summed E-state index contributed by atoms with van der Waals surface area (Å²) < 4.78 is 0. The highest BCUT2D eigenvalue weighted by molar-refractivity contribution is 5.55. The number of allylic oxidation sites excluding steroid dienone is 2. The lowest BCUT2D eigenvalue weighted by atomic mass is 9.80. The average molecular weight is 731 g/mol. The molecule has 0 aliphatic heterocycles. The Labute approximate surface area is 330 Å². The largest absolute Gasteiger partial charge is 0.507 e. The average Bonchev–Trinajstić information content (AvgIpc) is 3.10. The van der Waals surface area contributed by atoms with E-state index >= 15 is 0 Å². The van der Waals surface area contributed by atoms with Gasteiger partial charge in [-0.25, -0.2) is 0 Å². The molecule has 0 aromatic heterocycles. The number of aryl methyl sites for hydroxylation is 2. The Kier molecular flexibility index (Phi) is 23.5. The molecule has 0 saturated carbocycles. The fourth-order valence-electron chi connectivity index (χ4n) is 7.97. The molecule has 0 heterocycles. The Hall–Kier alpha value is -2.22. The zero-order chi connectivity index (χ0) is 39.0. The predicted molar refractivity (Wildman–Crippen MR) is 235 cm³/mol. The van der Waals surface area contributed by atoms with Crippen molar-refractivity contribution in [2.45, 2.75) is 240 Å². The molecule has 2 N–H and O–H groups in total. The van der Waals surface area contributed by atoms with Gasteiger partial charge in [0, 0.05) is 17.5 Å². The topological polar surface area (TPSA) is 40.5 Å². The van der Waals surface area contributed by atoms with Crippen molar-refractivity contribution in [2.24, 2.45) is 0 Å². The smallest absolute Gasteiger partial charge is 0.123 e. The maximum absolute atomic E-state index is 11.9. The van der Waals surface area contributed by atoms with Crippen LogP contribution in [-0.2, 0) is 30.1 Å². The van der Waals surface area contributed by atoms with E-state index in [4.69, 9.17) is 0 Å². The van der Waals surface area contributed by atoms with Gasteiger partial charge >= 0.3 is 0 Å². The van der Waals surface area contributed by atoms with Gasteiger partial charge in [-0.1, -0.05) is 207 Å². The maximum atomic E-state index is 11.9. The molecule has 53 heavy (non-hydrogen) atoms. The fourth-order valence-corrected chi connectivity index (χ4v) is 7.97. The van der Waals surface area contributed by atoms with E-state index in [1.165, 1.54) is 152 Å². The summed E-state index contributed by atoms with van der Waals surface area (Å²) in [6.07, 6.45) is 38.9. The number of rotatable bonds is 29. The number of benzene rings is 2. The number of phenols is 2. The molecule has 0 radical (unpaired) electrons. The minimum Gasteiger partial charge on any atom is -0.507 e. The van der Waals surface area contributed by atoms with E-state index < -0.39 is 0 Å². The van der Waals surface area contributed by atoms with Crippen molar-refractivity contribution in [1.82, 2.24) is 0 Å². The van der Waals surface area contributed by atoms with Crippen molar-refractivity contribution < 1.29 is 10.2 Å². The summed E-state index contributed by atoms with van der Waals surface area (Å²) in [7, 11) is 0. The van der Waals surface area contributed by atoms with Gasteiger partial charge in [0.25, 0.3) is 0 Å². The number of unbranched alkanes of at least 4 members (excludes halogenated alkanes) is 21. The number of hydrogen-bond donors (Lipinski definition) is 2. The van der Waals surface area contributed by atoms with E-state index in [2.05, 4.69) is 91.8 Å². The Balaban J connectivity index is 2.05. The summed E-state index contributed by atoms with van der Waals surface area (Å²) in [6, 6.07) is 8.86. The van der Waals surface area contributed by atoms with Crippen molar-refractivity contribution in [2.75, 3.05) is 0 Å². The molecule has 2 heteroatoms. The highest BCUT2D eigenvalue weighted by atomic mass is 16.3. The molecule has 302 valence electrons. The van der Waals surface area contributed by atoms with Crippen LogP contribution in [0.25, 0.3) is 0 Å². The first kappa shape index (κ1) is 46.9. The van der Waals surface area contributed by atoms with Crippen molar-refractivity contribution >= 4 is 0 Å². The zero-order valence-electron chi connectivity index (χ0n) is 36.5. The minimum absolute atomic E-state index is 0.158. The molecule has 0 bridgehead atoms. The molecule has 0 unspecified atom stereocenters. The van der Waals surface area contributed by atoms with E-state index in [0.717, 1.165) is 47.9 Å². The first-order valence-corrected chi connectivity index (χ1v) is 22.7. The van der Waals surface area contributed by atoms with E-state index in [-0.39, 0.29) is 10.8 Å². The van der Waals surface area contributed by atoms with Gasteiger partial charge in [0.2, 0.25) is 0 Å². The van der Waals surface area contributed by atoms with Gasteiger partial charge in [-0.05, 0) is 84.5 Å². The van der Waals surface area contributed by atoms with Crippen molar-refractivity contribution in [1.29, 1.82) is 0 Å². The minimum atomic E-state index is -0.160. The van der Waals surface area contributed by atoms with Crippen LogP contribution in [0, 0.1) is 0 Å². The molecule has 2 rings (SSSR count). The summed E-state index contributed by atoms with van der Waals surface area (Å²) in [4.78, 5) is 0. The molecule has 0 aliphatic carbocycles. The van der Waals surface area contributed by atoms with E-state index in [1.54, 1.807) is 0 Å². The van der Waals surface area contributed by atoms with Gasteiger partial charge in [0.15, 0.2) is 0 Å². The van der Waals surface area contributed by atoms with Crippen LogP contribution in [-0.4, -0.2) is 10.2 Å². The molecule has 0 saturated heterocycles. The predicted octanol–water partition coefficient (Wildman–Crippen LogP) is 16.3. The van der Waals surface area contributed by atoms with Crippen molar-refractivity contribution in [3.8, 4) is 11.5 Å². The number of aromatic hydroxyl groups is 2. The lowest BCUT2D eigenvalue weighted by molar-refractivity contribution is 0.433. The van der Waals surface area contributed by atoms with Gasteiger partial charge in [-0.3, -0.25) is 0 Å². The summed E-state index contributed by atoms with van der Waals surface area (Å²) in [5.74, 6) is 0.868. The Morgan fingerprint density at radius 3 is 1.04 bits per heavy atom. The van der Waals surface area contributed by atoms with E-state index in [0.29, 0.717) is 17.9 Å². The van der Waals surface area contributed by atoms with Crippen LogP contribution in [0.15, 0.2) is 36.4 Å². The number of phenolic OH excluding ortho intramolecular Hbond substituents is 2. The lowest BCUT2D eigenvalue weighted by Crippen LogP contribution is -2.15. The SMILES string of the molecule is CCCCCCC/C=C/CCCCCCc1ccc(C(C)(C)C)c(O)c1Cc1c(CCCCCCCCCCCCCCC)ccc(C(C)(C)C)c1O. The third-order valence-corrected chi connectivity index (χ3v) is 11.5. The van der Waals surface area contributed by atoms with Gasteiger partial charge < -0.3 is 10.2 Å². The standard InChI is InChI=1S/C51H86O2/c1-9-11-13-15-17-19-21-23-25-27-29-31-33-35-42-37-39-46(50(3,4)5)48(52)44(42)41-45-43(38-40-47(49(45)53)51(6,7)8)36-34-32-30-28-26-24-22-20-18-16-14-12-10-2/h21,23,37-40,52-53H,9-20,22,24-36,41H2,1-8H3/b23-21+. The van der Waals surface area contributed by atoms with E-state index in [9.17, 15) is 10.2 Å². The summed E-state index contributed by atoms with van der Waals surface area (Å²) >= 11 is 0. The van der Waals surface area contributed by atoms with Gasteiger partial charge in [0.1, 0.15) is 11.5 Å². The fraction of sp³-hybridized carbons (Fsp3) is 0.725. The molecular formula is C51H86O2. The van der Waals surface area contributed by atoms with Gasteiger partial charge in [-0.2, -0.15) is 0 Å². The monoisotopic (exact) mass is 731 g/mol. The molecule has 2 aromatic carbocycles. The van der Waals surface area contributed by atoms with Crippen molar-refractivity contribution in [3.63, 3.8) is 0 Å². The Bertz CT molecular complexity index is 1270. The first-order chi connectivity index (χ1) is 25.4. The highest BCUT2D eigenvalue weighted by Crippen LogP contribution is 2.41. The molecule has 0 spiro atoms. The van der Waals surface area contributed by atoms with Crippen molar-refractivity contribution in [3.05, 3.63) is 69.8 Å². The van der Waals surface area contributed by atoms with Crippen LogP contribution in [0.3, 0.4) is 0 Å². The lowest BCUT2D eigenvalue weighted by Gasteiger charge is -2.26. The molecular weight excluding hydrogens is 645 g/mol. The summed E-state index contributed by atoms with van der Waals surface area (Å²) in [5, 5.41) is 23.8. The van der Waals surface area contributed by atoms with Gasteiger partial charge in [-0.15, -0.1) is 0 Å². The number of hydrogen-bond acceptors (Lipinski definition) is 2. The third kappa shape index (κ3) is 18.8. The maximum Gasteiger partial charge on any atom is 0.123 e. The Morgan fingerprint density at radius 1 is 0.415 bits per heavy atom. The van der Waals surface area contributed by atoms with Crippen LogP contribution in [0.4, 0.5) is 0 Å². The van der Waals surface area contributed by atoms with Crippen LogP contribution in [0.5, 0.6) is 11.5 Å². The molecule has 2 aromatic rings. The van der Waals surface area contributed by atoms with Crippen LogP contribution < -0.4 is 0 Å². The molecule has 0 fully saturated rings. The molecule has 0 aliphatic rings. The molecule has 2 nitrogen and oxygen atoms in total. The molecule has 0 atom stereocenters. The highest BCUT2D eigenvalue weighted by Gasteiger charge is 2.26. The van der Waals surface area contributed by atoms with Crippen LogP contribution >= 0.6 is 0 Å². The normalized spacial score (nSPS) is 12.4.